The molecule has 0 aliphatic carbocycles. The molecular formula is C19H30NiO6. The SMILES string of the molecule is C=O.CC(=O)[O-].CC(=O)[O-].CC(C)(C)CC(C)(C)c1ccc(O)cc1.[Ni+2]. The molecule has 0 saturated carbocycles. The fraction of sp³-hybridized carbons (Fsp3) is 0.526. The number of rotatable bonds is 2. The van der Waals surface area contributed by atoms with Gasteiger partial charge in [-0.05, 0) is 48.8 Å². The molecule has 0 amide bonds. The van der Waals surface area contributed by atoms with Gasteiger partial charge in [0.25, 0.3) is 0 Å². The summed E-state index contributed by atoms with van der Waals surface area (Å²) in [4.78, 5) is 25.8. The maximum Gasteiger partial charge on any atom is 2.00 e. The van der Waals surface area contributed by atoms with Crippen molar-refractivity contribution in [1.82, 2.24) is 0 Å². The third-order valence-electron chi connectivity index (χ3n) is 2.62. The molecule has 0 saturated heterocycles. The molecule has 0 radical (unpaired) electrons. The number of hydrogen-bond acceptors (Lipinski definition) is 6. The molecule has 0 aliphatic heterocycles. The maximum absolute atomic E-state index is 9.25. The Bertz CT molecular complexity index is 484. The van der Waals surface area contributed by atoms with Gasteiger partial charge in [-0.15, -0.1) is 0 Å². The Morgan fingerprint density at radius 3 is 1.42 bits per heavy atom. The number of hydrogen-bond donors (Lipinski definition) is 1. The van der Waals surface area contributed by atoms with Crippen LogP contribution in [0, 0.1) is 5.41 Å². The quantitative estimate of drug-likeness (QED) is 0.734. The van der Waals surface area contributed by atoms with Crippen LogP contribution in [0.4, 0.5) is 0 Å². The van der Waals surface area contributed by atoms with Gasteiger partial charge in [0.1, 0.15) is 12.5 Å². The normalized spacial score (nSPS) is 9.50. The Morgan fingerprint density at radius 1 is 0.923 bits per heavy atom. The average Bonchev–Trinajstić information content (AvgIpc) is 2.37. The molecular weight excluding hydrogens is 383 g/mol. The van der Waals surface area contributed by atoms with Crippen LogP contribution in [0.5, 0.6) is 5.75 Å². The maximum atomic E-state index is 9.25. The minimum atomic E-state index is -1.08. The van der Waals surface area contributed by atoms with Gasteiger partial charge in [-0.1, -0.05) is 46.8 Å². The molecule has 26 heavy (non-hydrogen) atoms. The summed E-state index contributed by atoms with van der Waals surface area (Å²) < 4.78 is 0. The Balaban J connectivity index is -0.000000185. The van der Waals surface area contributed by atoms with Crippen LogP contribution in [-0.4, -0.2) is 23.8 Å². The van der Waals surface area contributed by atoms with Crippen molar-refractivity contribution in [2.75, 3.05) is 0 Å². The van der Waals surface area contributed by atoms with E-state index in [0.717, 1.165) is 20.3 Å². The molecule has 0 spiro atoms. The number of benzene rings is 1. The third-order valence-corrected chi connectivity index (χ3v) is 2.62. The van der Waals surface area contributed by atoms with Gasteiger partial charge in [-0.2, -0.15) is 0 Å². The van der Waals surface area contributed by atoms with Gasteiger partial charge in [0.2, 0.25) is 0 Å². The Hall–Kier alpha value is -1.88. The van der Waals surface area contributed by atoms with E-state index in [-0.39, 0.29) is 21.9 Å². The van der Waals surface area contributed by atoms with E-state index in [1.807, 2.05) is 18.9 Å². The van der Waals surface area contributed by atoms with Crippen molar-refractivity contribution in [3.05, 3.63) is 29.8 Å². The molecule has 1 aromatic carbocycles. The fourth-order valence-corrected chi connectivity index (χ4v) is 2.34. The predicted molar refractivity (Wildman–Crippen MR) is 93.7 cm³/mol. The van der Waals surface area contributed by atoms with E-state index in [4.69, 9.17) is 24.6 Å². The largest absolute Gasteiger partial charge is 2.00 e. The summed E-state index contributed by atoms with van der Waals surface area (Å²) >= 11 is 0. The predicted octanol–water partition coefficient (Wildman–Crippen LogP) is 1.43. The number of phenolic OH excluding ortho intramolecular Hbond substituents is 1. The van der Waals surface area contributed by atoms with Crippen LogP contribution in [0.15, 0.2) is 24.3 Å². The topological polar surface area (TPSA) is 118 Å². The monoisotopic (exact) mass is 412 g/mol. The van der Waals surface area contributed by atoms with Crippen molar-refractivity contribution in [3.8, 4) is 5.75 Å². The van der Waals surface area contributed by atoms with Crippen molar-refractivity contribution in [2.45, 2.75) is 60.3 Å². The molecule has 0 unspecified atom stereocenters. The van der Waals surface area contributed by atoms with Crippen LogP contribution in [0.1, 0.15) is 60.5 Å². The van der Waals surface area contributed by atoms with Crippen LogP contribution in [-0.2, 0) is 36.3 Å². The van der Waals surface area contributed by atoms with Crippen LogP contribution in [0.3, 0.4) is 0 Å². The molecule has 1 N–H and O–H groups in total. The van der Waals surface area contributed by atoms with E-state index in [2.05, 4.69) is 34.6 Å². The van der Waals surface area contributed by atoms with Crippen molar-refractivity contribution >= 4 is 18.7 Å². The van der Waals surface area contributed by atoms with Crippen LogP contribution < -0.4 is 10.2 Å². The second-order valence-corrected chi connectivity index (χ2v) is 7.15. The Labute approximate surface area is 166 Å². The summed E-state index contributed by atoms with van der Waals surface area (Å²) in [6, 6.07) is 7.56. The molecule has 7 heteroatoms. The van der Waals surface area contributed by atoms with Gasteiger partial charge < -0.3 is 29.7 Å². The third kappa shape index (κ3) is 24.4. The first kappa shape index (κ1) is 31.9. The molecule has 0 bridgehead atoms. The second-order valence-electron chi connectivity index (χ2n) is 7.15. The van der Waals surface area contributed by atoms with Crippen LogP contribution in [0.25, 0.3) is 0 Å². The zero-order chi connectivity index (χ0) is 20.8. The Kier molecular flexibility index (Phi) is 18.8. The van der Waals surface area contributed by atoms with Crippen molar-refractivity contribution in [1.29, 1.82) is 0 Å². The number of aliphatic carboxylic acids is 2. The van der Waals surface area contributed by atoms with E-state index in [9.17, 15) is 5.11 Å². The van der Waals surface area contributed by atoms with Gasteiger partial charge in [-0.25, -0.2) is 0 Å². The zero-order valence-corrected chi connectivity index (χ0v) is 17.5. The first-order valence-electron chi connectivity index (χ1n) is 7.61. The first-order chi connectivity index (χ1) is 11.2. The van der Waals surface area contributed by atoms with Crippen molar-refractivity contribution in [3.63, 3.8) is 0 Å². The van der Waals surface area contributed by atoms with Crippen molar-refractivity contribution < 1.29 is 46.2 Å². The average molecular weight is 413 g/mol. The van der Waals surface area contributed by atoms with Gasteiger partial charge in [0, 0.05) is 11.9 Å². The fourth-order valence-electron chi connectivity index (χ4n) is 2.34. The summed E-state index contributed by atoms with van der Waals surface area (Å²) in [5.41, 5.74) is 1.77. The minimum Gasteiger partial charge on any atom is -0.550 e. The van der Waals surface area contributed by atoms with Crippen LogP contribution in [0.2, 0.25) is 0 Å². The minimum absolute atomic E-state index is 0. The molecule has 1 aromatic rings. The summed E-state index contributed by atoms with van der Waals surface area (Å²) in [6.07, 6.45) is 1.13. The van der Waals surface area contributed by atoms with Gasteiger partial charge >= 0.3 is 16.5 Å². The van der Waals surface area contributed by atoms with E-state index < -0.39 is 11.9 Å². The van der Waals surface area contributed by atoms with Crippen LogP contribution >= 0.6 is 0 Å². The summed E-state index contributed by atoms with van der Waals surface area (Å²) in [5.74, 6) is -1.83. The molecule has 1 rings (SSSR count). The number of carboxylic acid groups (broad SMARTS) is 2. The van der Waals surface area contributed by atoms with E-state index in [0.29, 0.717) is 11.2 Å². The second kappa shape index (κ2) is 15.4. The summed E-state index contributed by atoms with van der Waals surface area (Å²) in [5, 5.41) is 27.0. The molecule has 0 aromatic heterocycles. The molecule has 0 atom stereocenters. The molecule has 6 nitrogen and oxygen atoms in total. The summed E-state index contributed by atoms with van der Waals surface area (Å²) in [6.45, 7) is 15.2. The number of carbonyl (C=O) groups excluding carboxylic acids is 3. The molecule has 152 valence electrons. The first-order valence-corrected chi connectivity index (χ1v) is 7.61. The van der Waals surface area contributed by atoms with Gasteiger partial charge in [-0.3, -0.25) is 0 Å². The standard InChI is InChI=1S/C14H22O.2C2H4O2.CH2O.Ni/c1-13(2,3)10-14(4,5)11-6-8-12(15)9-7-11;2*1-2(3)4;1-2;/h6-9,15H,10H2,1-5H3;2*1H3,(H,3,4);1H2;/q;;;;+2/p-2. The molecule has 0 heterocycles. The van der Waals surface area contributed by atoms with Gasteiger partial charge in [0.15, 0.2) is 0 Å². The molecule has 0 fully saturated rings. The number of aromatic hydroxyl groups is 1. The number of phenols is 1. The van der Waals surface area contributed by atoms with E-state index >= 15 is 0 Å². The van der Waals surface area contributed by atoms with Gasteiger partial charge in [0.05, 0.1) is 0 Å². The smallest absolute Gasteiger partial charge is 0.550 e. The Morgan fingerprint density at radius 2 is 1.19 bits per heavy atom. The van der Waals surface area contributed by atoms with E-state index in [1.54, 1.807) is 12.1 Å². The number of carboxylic acids is 2. The van der Waals surface area contributed by atoms with Crippen molar-refractivity contribution in [2.24, 2.45) is 5.41 Å². The number of carbonyl (C=O) groups is 3. The zero-order valence-electron chi connectivity index (χ0n) is 16.5. The molecule has 0 aliphatic rings. The van der Waals surface area contributed by atoms with E-state index in [1.165, 1.54) is 5.56 Å². The summed E-state index contributed by atoms with van der Waals surface area (Å²) in [7, 11) is 0.